The lowest BCUT2D eigenvalue weighted by Gasteiger charge is -2.20. The zero-order valence-corrected chi connectivity index (χ0v) is 12.3. The van der Waals surface area contributed by atoms with Gasteiger partial charge in [0.25, 0.3) is 5.91 Å². The van der Waals surface area contributed by atoms with Crippen LogP contribution in [0.3, 0.4) is 0 Å². The molecule has 5 heteroatoms. The first-order valence-corrected chi connectivity index (χ1v) is 6.79. The number of hydrogen-bond acceptors (Lipinski definition) is 3. The van der Waals surface area contributed by atoms with Crippen LogP contribution >= 0.6 is 11.6 Å². The predicted octanol–water partition coefficient (Wildman–Crippen LogP) is 2.56. The largest absolute Gasteiger partial charge is 0.383 e. The lowest BCUT2D eigenvalue weighted by molar-refractivity contribution is 0.0783. The lowest BCUT2D eigenvalue weighted by Crippen LogP contribution is -2.34. The molecule has 0 aliphatic carbocycles. The Morgan fingerprint density at radius 3 is 2.90 bits per heavy atom. The van der Waals surface area contributed by atoms with Gasteiger partial charge in [-0.1, -0.05) is 18.2 Å². The van der Waals surface area contributed by atoms with Crippen LogP contribution in [0, 0.1) is 0 Å². The molecule has 2 aromatic rings. The molecule has 0 saturated heterocycles. The number of para-hydroxylation sites is 1. The topological polar surface area (TPSA) is 42.4 Å². The molecule has 0 bridgehead atoms. The standard InChI is InChI=1S/C15H17ClN2O2/c1-18(9-11(16)10-20-2)15(19)13-7-8-17-14-6-4-3-5-12(13)14/h3-8,11H,9-10H2,1-2H3. The summed E-state index contributed by atoms with van der Waals surface area (Å²) in [6.07, 6.45) is 1.65. The molecule has 0 aliphatic heterocycles. The van der Waals surface area contributed by atoms with Crippen LogP contribution in [0.15, 0.2) is 36.5 Å². The Balaban J connectivity index is 2.23. The van der Waals surface area contributed by atoms with Gasteiger partial charge in [0.15, 0.2) is 0 Å². The number of benzene rings is 1. The molecule has 0 fully saturated rings. The zero-order valence-electron chi connectivity index (χ0n) is 11.5. The van der Waals surface area contributed by atoms with Crippen LogP contribution in [0.5, 0.6) is 0 Å². The number of aromatic nitrogens is 1. The van der Waals surface area contributed by atoms with Gasteiger partial charge in [-0.05, 0) is 12.1 Å². The number of ether oxygens (including phenoxy) is 1. The van der Waals surface area contributed by atoms with Crippen molar-refractivity contribution >= 4 is 28.4 Å². The fraction of sp³-hybridized carbons (Fsp3) is 0.333. The number of alkyl halides is 1. The van der Waals surface area contributed by atoms with Crippen molar-refractivity contribution in [1.29, 1.82) is 0 Å². The molecular formula is C15H17ClN2O2. The highest BCUT2D eigenvalue weighted by Gasteiger charge is 2.17. The normalized spacial score (nSPS) is 12.3. The molecule has 2 rings (SSSR count). The van der Waals surface area contributed by atoms with Gasteiger partial charge in [-0.3, -0.25) is 9.78 Å². The van der Waals surface area contributed by atoms with Crippen LogP contribution in [0.2, 0.25) is 0 Å². The Kier molecular flexibility index (Phi) is 4.93. The summed E-state index contributed by atoms with van der Waals surface area (Å²) >= 11 is 6.09. The first kappa shape index (κ1) is 14.8. The van der Waals surface area contributed by atoms with E-state index in [-0.39, 0.29) is 11.3 Å². The Morgan fingerprint density at radius 1 is 1.40 bits per heavy atom. The Labute approximate surface area is 123 Å². The minimum atomic E-state index is -0.220. The summed E-state index contributed by atoms with van der Waals surface area (Å²) in [5, 5.41) is 0.631. The van der Waals surface area contributed by atoms with E-state index in [9.17, 15) is 4.79 Å². The molecule has 1 aromatic carbocycles. The van der Waals surface area contributed by atoms with E-state index < -0.39 is 0 Å². The van der Waals surface area contributed by atoms with E-state index in [0.717, 1.165) is 10.9 Å². The molecule has 1 amide bonds. The van der Waals surface area contributed by atoms with Gasteiger partial charge in [0, 0.05) is 32.3 Å². The number of nitrogens with zero attached hydrogens (tertiary/aromatic N) is 2. The number of hydrogen-bond donors (Lipinski definition) is 0. The molecule has 0 N–H and O–H groups in total. The van der Waals surface area contributed by atoms with Crippen molar-refractivity contribution in [1.82, 2.24) is 9.88 Å². The summed E-state index contributed by atoms with van der Waals surface area (Å²) in [5.74, 6) is -0.0645. The van der Waals surface area contributed by atoms with Crippen molar-refractivity contribution in [2.24, 2.45) is 0 Å². The maximum atomic E-state index is 12.5. The van der Waals surface area contributed by atoms with Crippen molar-refractivity contribution in [2.45, 2.75) is 5.38 Å². The third-order valence-corrected chi connectivity index (χ3v) is 3.31. The smallest absolute Gasteiger partial charge is 0.254 e. The first-order valence-electron chi connectivity index (χ1n) is 6.35. The maximum Gasteiger partial charge on any atom is 0.254 e. The van der Waals surface area contributed by atoms with Crippen molar-refractivity contribution in [3.05, 3.63) is 42.1 Å². The Morgan fingerprint density at radius 2 is 2.15 bits per heavy atom. The van der Waals surface area contributed by atoms with E-state index in [1.807, 2.05) is 24.3 Å². The number of carbonyl (C=O) groups is 1. The maximum absolute atomic E-state index is 12.5. The van der Waals surface area contributed by atoms with Gasteiger partial charge >= 0.3 is 0 Å². The number of rotatable bonds is 5. The quantitative estimate of drug-likeness (QED) is 0.796. The number of amides is 1. The van der Waals surface area contributed by atoms with Gasteiger partial charge in [-0.2, -0.15) is 0 Å². The Bertz CT molecular complexity index is 598. The summed E-state index contributed by atoms with van der Waals surface area (Å²) < 4.78 is 4.98. The molecule has 0 saturated carbocycles. The predicted molar refractivity (Wildman–Crippen MR) is 80.2 cm³/mol. The highest BCUT2D eigenvalue weighted by molar-refractivity contribution is 6.21. The van der Waals surface area contributed by atoms with Gasteiger partial charge in [0.05, 0.1) is 23.1 Å². The SMILES string of the molecule is COCC(Cl)CN(C)C(=O)c1ccnc2ccccc12. The molecule has 20 heavy (non-hydrogen) atoms. The Hall–Kier alpha value is -1.65. The van der Waals surface area contributed by atoms with Gasteiger partial charge in [0.1, 0.15) is 0 Å². The van der Waals surface area contributed by atoms with Gasteiger partial charge in [-0.25, -0.2) is 0 Å². The average molecular weight is 293 g/mol. The number of carbonyl (C=O) groups excluding carboxylic acids is 1. The van der Waals surface area contributed by atoms with Crippen molar-refractivity contribution in [3.8, 4) is 0 Å². The van der Waals surface area contributed by atoms with Crippen molar-refractivity contribution in [2.75, 3.05) is 27.3 Å². The third kappa shape index (κ3) is 3.26. The zero-order chi connectivity index (χ0) is 14.5. The average Bonchev–Trinajstić information content (AvgIpc) is 2.46. The third-order valence-electron chi connectivity index (χ3n) is 3.05. The second-order valence-corrected chi connectivity index (χ2v) is 5.23. The van der Waals surface area contributed by atoms with Gasteiger partial charge < -0.3 is 9.64 Å². The molecule has 1 aromatic heterocycles. The van der Waals surface area contributed by atoms with E-state index in [1.54, 1.807) is 31.3 Å². The molecule has 0 spiro atoms. The number of fused-ring (bicyclic) bond motifs is 1. The van der Waals surface area contributed by atoms with Crippen LogP contribution < -0.4 is 0 Å². The van der Waals surface area contributed by atoms with Gasteiger partial charge in [0.2, 0.25) is 0 Å². The first-order chi connectivity index (χ1) is 9.63. The fourth-order valence-electron chi connectivity index (χ4n) is 2.10. The van der Waals surface area contributed by atoms with Crippen molar-refractivity contribution < 1.29 is 9.53 Å². The minimum absolute atomic E-state index is 0.0645. The van der Waals surface area contributed by atoms with Crippen LogP contribution in [0.4, 0.5) is 0 Å². The number of methoxy groups -OCH3 is 1. The van der Waals surface area contributed by atoms with Crippen LogP contribution in [0.1, 0.15) is 10.4 Å². The molecule has 106 valence electrons. The molecule has 0 radical (unpaired) electrons. The lowest BCUT2D eigenvalue weighted by atomic mass is 10.1. The van der Waals surface area contributed by atoms with Gasteiger partial charge in [-0.15, -0.1) is 11.6 Å². The second kappa shape index (κ2) is 6.68. The highest BCUT2D eigenvalue weighted by atomic mass is 35.5. The second-order valence-electron chi connectivity index (χ2n) is 4.61. The van der Waals surface area contributed by atoms with E-state index in [2.05, 4.69) is 4.98 Å². The van der Waals surface area contributed by atoms with E-state index in [4.69, 9.17) is 16.3 Å². The molecular weight excluding hydrogens is 276 g/mol. The number of pyridine rings is 1. The van der Waals surface area contributed by atoms with Crippen LogP contribution in [0.25, 0.3) is 10.9 Å². The summed E-state index contributed by atoms with van der Waals surface area (Å²) in [5.41, 5.74) is 1.45. The van der Waals surface area contributed by atoms with Crippen LogP contribution in [-0.4, -0.2) is 48.5 Å². The summed E-state index contributed by atoms with van der Waals surface area (Å²) in [6.45, 7) is 0.848. The molecule has 0 aliphatic rings. The summed E-state index contributed by atoms with van der Waals surface area (Å²) in [4.78, 5) is 18.4. The fourth-order valence-corrected chi connectivity index (χ4v) is 2.43. The molecule has 1 heterocycles. The van der Waals surface area contributed by atoms with Crippen LogP contribution in [-0.2, 0) is 4.74 Å². The molecule has 1 unspecified atom stereocenters. The minimum Gasteiger partial charge on any atom is -0.383 e. The highest BCUT2D eigenvalue weighted by Crippen LogP contribution is 2.18. The summed E-state index contributed by atoms with van der Waals surface area (Å²) in [7, 11) is 3.33. The molecule has 4 nitrogen and oxygen atoms in total. The molecule has 1 atom stereocenters. The number of halogens is 1. The van der Waals surface area contributed by atoms with E-state index in [1.165, 1.54) is 0 Å². The van der Waals surface area contributed by atoms with E-state index >= 15 is 0 Å². The summed E-state index contributed by atoms with van der Waals surface area (Å²) in [6, 6.07) is 9.33. The van der Waals surface area contributed by atoms with E-state index in [0.29, 0.717) is 18.7 Å². The monoisotopic (exact) mass is 292 g/mol. The van der Waals surface area contributed by atoms with Crippen molar-refractivity contribution in [3.63, 3.8) is 0 Å².